The number of pyridine rings is 1. The minimum Gasteiger partial charge on any atom is -0.495 e. The summed E-state index contributed by atoms with van der Waals surface area (Å²) in [5.74, 6) is 0.587. The molecule has 0 atom stereocenters. The van der Waals surface area contributed by atoms with Crippen molar-refractivity contribution in [2.75, 3.05) is 38.6 Å². The van der Waals surface area contributed by atoms with E-state index in [4.69, 9.17) is 16.3 Å². The summed E-state index contributed by atoms with van der Waals surface area (Å²) in [6.07, 6.45) is 4.48. The van der Waals surface area contributed by atoms with Crippen LogP contribution in [0.2, 0.25) is 5.02 Å². The Bertz CT molecular complexity index is 795. The molecule has 1 saturated heterocycles. The number of aromatic nitrogens is 1. The third-order valence-electron chi connectivity index (χ3n) is 5.44. The Morgan fingerprint density at radius 1 is 1.31 bits per heavy atom. The molecular formula is C22H29ClN4O2. The molecule has 3 rings (SSSR count). The van der Waals surface area contributed by atoms with Crippen LogP contribution in [0.15, 0.2) is 42.6 Å². The van der Waals surface area contributed by atoms with Crippen molar-refractivity contribution in [3.8, 4) is 5.75 Å². The zero-order valence-corrected chi connectivity index (χ0v) is 17.9. The number of halogens is 1. The van der Waals surface area contributed by atoms with Gasteiger partial charge >= 0.3 is 6.03 Å². The van der Waals surface area contributed by atoms with E-state index in [0.717, 1.165) is 44.6 Å². The molecule has 0 aliphatic carbocycles. The molecule has 6 nitrogen and oxygen atoms in total. The second-order valence-corrected chi connectivity index (χ2v) is 7.62. The van der Waals surface area contributed by atoms with E-state index in [1.165, 1.54) is 0 Å². The highest BCUT2D eigenvalue weighted by atomic mass is 35.5. The summed E-state index contributed by atoms with van der Waals surface area (Å²) in [4.78, 5) is 21.9. The molecule has 0 unspecified atom stereocenters. The molecule has 2 aromatic rings. The molecule has 0 spiro atoms. The fraction of sp³-hybridized carbons (Fsp3) is 0.455. The SMILES string of the molecule is CCN1CCC(N(CCc2ccccn2)C(=O)Nc2ccc(OC)c(Cl)c2)CC1. The van der Waals surface area contributed by atoms with Crippen LogP contribution in [0.1, 0.15) is 25.5 Å². The quantitative estimate of drug-likeness (QED) is 0.730. The lowest BCUT2D eigenvalue weighted by Gasteiger charge is -2.38. The number of rotatable bonds is 7. The zero-order valence-electron chi connectivity index (χ0n) is 17.1. The Morgan fingerprint density at radius 2 is 2.10 bits per heavy atom. The van der Waals surface area contributed by atoms with Gasteiger partial charge in [-0.3, -0.25) is 4.98 Å². The average Bonchev–Trinajstić information content (AvgIpc) is 2.75. The number of amides is 2. The van der Waals surface area contributed by atoms with Gasteiger partial charge in [0.25, 0.3) is 0 Å². The van der Waals surface area contributed by atoms with Gasteiger partial charge in [0, 0.05) is 49.7 Å². The van der Waals surface area contributed by atoms with Crippen molar-refractivity contribution in [1.29, 1.82) is 0 Å². The maximum absolute atomic E-state index is 13.2. The van der Waals surface area contributed by atoms with Crippen LogP contribution in [0.5, 0.6) is 5.75 Å². The molecule has 156 valence electrons. The number of nitrogens with one attached hydrogen (secondary N) is 1. The molecule has 1 aliphatic rings. The van der Waals surface area contributed by atoms with Gasteiger partial charge in [-0.05, 0) is 49.7 Å². The van der Waals surface area contributed by atoms with Gasteiger partial charge in [0.15, 0.2) is 0 Å². The van der Waals surface area contributed by atoms with Crippen LogP contribution >= 0.6 is 11.6 Å². The maximum atomic E-state index is 13.2. The smallest absolute Gasteiger partial charge is 0.322 e. The number of benzene rings is 1. The predicted octanol–water partition coefficient (Wildman–Crippen LogP) is 4.30. The van der Waals surface area contributed by atoms with Crippen molar-refractivity contribution < 1.29 is 9.53 Å². The molecule has 1 aliphatic heterocycles. The van der Waals surface area contributed by atoms with Crippen molar-refractivity contribution in [3.05, 3.63) is 53.3 Å². The van der Waals surface area contributed by atoms with Gasteiger partial charge < -0.3 is 19.9 Å². The fourth-order valence-corrected chi connectivity index (χ4v) is 3.98. The highest BCUT2D eigenvalue weighted by molar-refractivity contribution is 6.32. The largest absolute Gasteiger partial charge is 0.495 e. The number of hydrogen-bond donors (Lipinski definition) is 1. The Balaban J connectivity index is 1.70. The van der Waals surface area contributed by atoms with Crippen LogP contribution < -0.4 is 10.1 Å². The number of likely N-dealkylation sites (tertiary alicyclic amines) is 1. The summed E-state index contributed by atoms with van der Waals surface area (Å²) in [6, 6.07) is 11.3. The topological polar surface area (TPSA) is 57.7 Å². The van der Waals surface area contributed by atoms with Crippen molar-refractivity contribution >= 4 is 23.3 Å². The van der Waals surface area contributed by atoms with E-state index in [0.29, 0.717) is 23.0 Å². The van der Waals surface area contributed by atoms with Gasteiger partial charge in [0.1, 0.15) is 5.75 Å². The molecule has 29 heavy (non-hydrogen) atoms. The van der Waals surface area contributed by atoms with Crippen LogP contribution in [-0.4, -0.2) is 60.1 Å². The monoisotopic (exact) mass is 416 g/mol. The molecular weight excluding hydrogens is 388 g/mol. The third-order valence-corrected chi connectivity index (χ3v) is 5.74. The van der Waals surface area contributed by atoms with Crippen LogP contribution in [0.4, 0.5) is 10.5 Å². The predicted molar refractivity (Wildman–Crippen MR) is 117 cm³/mol. The zero-order chi connectivity index (χ0) is 20.6. The minimum absolute atomic E-state index is 0.0999. The summed E-state index contributed by atoms with van der Waals surface area (Å²) < 4.78 is 5.19. The number of nitrogens with zero attached hydrogens (tertiary/aromatic N) is 3. The van der Waals surface area contributed by atoms with Crippen molar-refractivity contribution in [2.24, 2.45) is 0 Å². The molecule has 1 aromatic heterocycles. The van der Waals surface area contributed by atoms with Gasteiger partial charge in [-0.2, -0.15) is 0 Å². The first-order valence-corrected chi connectivity index (χ1v) is 10.5. The number of carbonyl (C=O) groups is 1. The molecule has 7 heteroatoms. The number of methoxy groups -OCH3 is 1. The number of piperidine rings is 1. The van der Waals surface area contributed by atoms with E-state index >= 15 is 0 Å². The minimum atomic E-state index is -0.0999. The molecule has 1 fully saturated rings. The van der Waals surface area contributed by atoms with Gasteiger partial charge in [0.2, 0.25) is 0 Å². The average molecular weight is 417 g/mol. The Kier molecular flexibility index (Phi) is 7.72. The van der Waals surface area contributed by atoms with Gasteiger partial charge in [-0.25, -0.2) is 4.79 Å². The van der Waals surface area contributed by atoms with Crippen LogP contribution in [0.3, 0.4) is 0 Å². The Morgan fingerprint density at radius 3 is 2.72 bits per heavy atom. The lowest BCUT2D eigenvalue weighted by molar-refractivity contribution is 0.130. The maximum Gasteiger partial charge on any atom is 0.322 e. The second kappa shape index (κ2) is 10.5. The van der Waals surface area contributed by atoms with Crippen LogP contribution in [0, 0.1) is 0 Å². The molecule has 0 bridgehead atoms. The van der Waals surface area contributed by atoms with E-state index in [-0.39, 0.29) is 12.1 Å². The molecule has 2 amide bonds. The van der Waals surface area contributed by atoms with E-state index < -0.39 is 0 Å². The number of urea groups is 1. The first kappa shape index (κ1) is 21.4. The summed E-state index contributed by atoms with van der Waals surface area (Å²) >= 11 is 6.21. The first-order valence-electron chi connectivity index (χ1n) is 10.1. The molecule has 1 N–H and O–H groups in total. The van der Waals surface area contributed by atoms with Gasteiger partial charge in [0.05, 0.1) is 12.1 Å². The number of carbonyl (C=O) groups excluding carboxylic acids is 1. The molecule has 0 radical (unpaired) electrons. The molecule has 1 aromatic carbocycles. The standard InChI is InChI=1S/C22H29ClN4O2/c1-3-26-13-10-19(11-14-26)27(15-9-17-6-4-5-12-24-17)22(28)25-18-7-8-21(29-2)20(23)16-18/h4-8,12,16,19H,3,9-11,13-15H2,1-2H3,(H,25,28). The normalized spacial score (nSPS) is 15.1. The summed E-state index contributed by atoms with van der Waals surface area (Å²) in [5.41, 5.74) is 1.65. The Labute approximate surface area is 177 Å². The second-order valence-electron chi connectivity index (χ2n) is 7.21. The highest BCUT2D eigenvalue weighted by Crippen LogP contribution is 2.27. The van der Waals surface area contributed by atoms with Crippen LogP contribution in [-0.2, 0) is 6.42 Å². The van der Waals surface area contributed by atoms with Gasteiger partial charge in [-0.15, -0.1) is 0 Å². The van der Waals surface area contributed by atoms with Gasteiger partial charge in [-0.1, -0.05) is 24.6 Å². The summed E-state index contributed by atoms with van der Waals surface area (Å²) in [5, 5.41) is 3.48. The summed E-state index contributed by atoms with van der Waals surface area (Å²) in [7, 11) is 1.57. The van der Waals surface area contributed by atoms with Crippen molar-refractivity contribution in [1.82, 2.24) is 14.8 Å². The lowest BCUT2D eigenvalue weighted by atomic mass is 10.0. The molecule has 2 heterocycles. The van der Waals surface area contributed by atoms with E-state index in [1.807, 2.05) is 23.1 Å². The van der Waals surface area contributed by atoms with E-state index in [9.17, 15) is 4.79 Å². The lowest BCUT2D eigenvalue weighted by Crippen LogP contribution is -2.49. The number of ether oxygens (including phenoxy) is 1. The van der Waals surface area contributed by atoms with Crippen molar-refractivity contribution in [3.63, 3.8) is 0 Å². The van der Waals surface area contributed by atoms with E-state index in [1.54, 1.807) is 31.5 Å². The van der Waals surface area contributed by atoms with E-state index in [2.05, 4.69) is 22.1 Å². The third kappa shape index (κ3) is 5.84. The molecule has 0 saturated carbocycles. The highest BCUT2D eigenvalue weighted by Gasteiger charge is 2.27. The number of hydrogen-bond acceptors (Lipinski definition) is 4. The Hall–Kier alpha value is -2.31. The number of anilines is 1. The summed E-state index contributed by atoms with van der Waals surface area (Å²) in [6.45, 7) is 5.89. The fourth-order valence-electron chi connectivity index (χ4n) is 3.72. The van der Waals surface area contributed by atoms with Crippen LogP contribution in [0.25, 0.3) is 0 Å². The van der Waals surface area contributed by atoms with Crippen molar-refractivity contribution in [2.45, 2.75) is 32.2 Å². The first-order chi connectivity index (χ1) is 14.1.